The Kier molecular flexibility index (Phi) is 4.49. The summed E-state index contributed by atoms with van der Waals surface area (Å²) in [5.41, 5.74) is 1.06. The van der Waals surface area contributed by atoms with E-state index in [1.807, 2.05) is 25.1 Å². The predicted molar refractivity (Wildman–Crippen MR) is 72.8 cm³/mol. The minimum absolute atomic E-state index is 0.00328. The van der Waals surface area contributed by atoms with Crippen molar-refractivity contribution in [2.75, 3.05) is 20.3 Å². The fourth-order valence-electron chi connectivity index (χ4n) is 2.07. The van der Waals surface area contributed by atoms with Gasteiger partial charge in [0.2, 0.25) is 0 Å². The normalized spacial score (nSPS) is 17.1. The van der Waals surface area contributed by atoms with Crippen molar-refractivity contribution in [3.8, 4) is 11.5 Å². The average Bonchev–Trinajstić information content (AvgIpc) is 2.44. The highest BCUT2D eigenvalue weighted by Crippen LogP contribution is 2.28. The van der Waals surface area contributed by atoms with Gasteiger partial charge in [-0.1, -0.05) is 6.92 Å². The van der Waals surface area contributed by atoms with Crippen molar-refractivity contribution in [2.24, 2.45) is 0 Å². The maximum Gasteiger partial charge on any atom is 0.315 e. The molecule has 0 radical (unpaired) electrons. The van der Waals surface area contributed by atoms with Gasteiger partial charge in [0.15, 0.2) is 0 Å². The Morgan fingerprint density at radius 3 is 3.11 bits per heavy atom. The summed E-state index contributed by atoms with van der Waals surface area (Å²) in [7, 11) is 1.64. The third-order valence-corrected chi connectivity index (χ3v) is 3.04. The molecule has 1 aromatic carbocycles. The molecular formula is C14H20N2O3. The van der Waals surface area contributed by atoms with Crippen LogP contribution in [0.4, 0.5) is 4.79 Å². The molecule has 1 atom stereocenters. The molecule has 19 heavy (non-hydrogen) atoms. The summed E-state index contributed by atoms with van der Waals surface area (Å²) in [6.07, 6.45) is 1.68. The fraction of sp³-hybridized carbons (Fsp3) is 0.500. The molecule has 0 spiro atoms. The Morgan fingerprint density at radius 1 is 1.53 bits per heavy atom. The first-order valence-corrected chi connectivity index (χ1v) is 6.57. The number of urea groups is 1. The van der Waals surface area contributed by atoms with Crippen molar-refractivity contribution < 1.29 is 14.3 Å². The van der Waals surface area contributed by atoms with Gasteiger partial charge in [0, 0.05) is 6.54 Å². The van der Waals surface area contributed by atoms with Gasteiger partial charge in [-0.3, -0.25) is 0 Å². The molecule has 2 rings (SSSR count). The Hall–Kier alpha value is -1.91. The number of carbonyl (C=O) groups is 1. The number of carbonyl (C=O) groups excluding carboxylic acids is 1. The van der Waals surface area contributed by atoms with E-state index in [2.05, 4.69) is 10.6 Å². The van der Waals surface area contributed by atoms with Crippen molar-refractivity contribution in [3.63, 3.8) is 0 Å². The summed E-state index contributed by atoms with van der Waals surface area (Å²) in [6.45, 7) is 3.20. The average molecular weight is 264 g/mol. The maximum absolute atomic E-state index is 11.6. The van der Waals surface area contributed by atoms with Crippen molar-refractivity contribution in [2.45, 2.75) is 25.8 Å². The molecule has 5 nitrogen and oxygen atoms in total. The molecular weight excluding hydrogens is 244 g/mol. The van der Waals surface area contributed by atoms with Gasteiger partial charge < -0.3 is 20.1 Å². The number of amides is 2. The number of hydrogen-bond donors (Lipinski definition) is 2. The smallest absolute Gasteiger partial charge is 0.315 e. The standard InChI is InChI=1S/C14H20N2O3/c1-3-6-15-14(17)16-11-7-10-8-12(18-2)4-5-13(10)19-9-11/h4-5,8,11H,3,6-7,9H2,1-2H3,(H2,15,16,17). The highest BCUT2D eigenvalue weighted by atomic mass is 16.5. The van der Waals surface area contributed by atoms with Gasteiger partial charge in [-0.05, 0) is 36.6 Å². The lowest BCUT2D eigenvalue weighted by atomic mass is 10.0. The number of hydrogen-bond acceptors (Lipinski definition) is 3. The van der Waals surface area contributed by atoms with Crippen molar-refractivity contribution in [1.29, 1.82) is 0 Å². The molecule has 1 aliphatic rings. The minimum atomic E-state index is -0.137. The van der Waals surface area contributed by atoms with E-state index in [-0.39, 0.29) is 12.1 Å². The number of benzene rings is 1. The molecule has 0 aromatic heterocycles. The summed E-state index contributed by atoms with van der Waals surface area (Å²) in [5, 5.41) is 5.71. The monoisotopic (exact) mass is 264 g/mol. The Bertz CT molecular complexity index is 448. The molecule has 0 saturated carbocycles. The SMILES string of the molecule is CCCNC(=O)NC1COc2ccc(OC)cc2C1. The molecule has 2 amide bonds. The third kappa shape index (κ3) is 3.53. The van der Waals surface area contributed by atoms with Crippen molar-refractivity contribution in [1.82, 2.24) is 10.6 Å². The van der Waals surface area contributed by atoms with Gasteiger partial charge in [0.1, 0.15) is 18.1 Å². The summed E-state index contributed by atoms with van der Waals surface area (Å²) in [6, 6.07) is 5.59. The first-order valence-electron chi connectivity index (χ1n) is 6.57. The zero-order valence-electron chi connectivity index (χ0n) is 11.4. The van der Waals surface area contributed by atoms with Crippen LogP contribution in [0.3, 0.4) is 0 Å². The van der Waals surface area contributed by atoms with Crippen LogP contribution in [-0.2, 0) is 6.42 Å². The van der Waals surface area contributed by atoms with Gasteiger partial charge in [0.25, 0.3) is 0 Å². The van der Waals surface area contributed by atoms with Crippen LogP contribution >= 0.6 is 0 Å². The molecule has 1 aromatic rings. The molecule has 0 bridgehead atoms. The number of ether oxygens (including phenoxy) is 2. The number of rotatable bonds is 4. The Labute approximate surface area is 113 Å². The minimum Gasteiger partial charge on any atom is -0.497 e. The molecule has 1 aliphatic heterocycles. The quantitative estimate of drug-likeness (QED) is 0.870. The molecule has 0 saturated heterocycles. The van der Waals surface area contributed by atoms with E-state index in [0.29, 0.717) is 13.2 Å². The van der Waals surface area contributed by atoms with Gasteiger partial charge in [0.05, 0.1) is 13.2 Å². The lowest BCUT2D eigenvalue weighted by Gasteiger charge is -2.26. The zero-order valence-corrected chi connectivity index (χ0v) is 11.4. The second kappa shape index (κ2) is 6.31. The van der Waals surface area contributed by atoms with E-state index in [1.165, 1.54) is 0 Å². The summed E-state index contributed by atoms with van der Waals surface area (Å²) >= 11 is 0. The lowest BCUT2D eigenvalue weighted by molar-refractivity contribution is 0.214. The van der Waals surface area contributed by atoms with Crippen molar-refractivity contribution in [3.05, 3.63) is 23.8 Å². The summed E-state index contributed by atoms with van der Waals surface area (Å²) in [4.78, 5) is 11.6. The van der Waals surface area contributed by atoms with Gasteiger partial charge in [-0.2, -0.15) is 0 Å². The highest BCUT2D eigenvalue weighted by molar-refractivity contribution is 5.74. The molecule has 1 heterocycles. The van der Waals surface area contributed by atoms with Crippen LogP contribution in [-0.4, -0.2) is 32.3 Å². The number of nitrogens with one attached hydrogen (secondary N) is 2. The highest BCUT2D eigenvalue weighted by Gasteiger charge is 2.21. The van der Waals surface area contributed by atoms with Crippen LogP contribution in [0, 0.1) is 0 Å². The topological polar surface area (TPSA) is 59.6 Å². The van der Waals surface area contributed by atoms with E-state index < -0.39 is 0 Å². The third-order valence-electron chi connectivity index (χ3n) is 3.04. The fourth-order valence-corrected chi connectivity index (χ4v) is 2.07. The Balaban J connectivity index is 1.95. The van der Waals surface area contributed by atoms with Gasteiger partial charge in [-0.15, -0.1) is 0 Å². The molecule has 2 N–H and O–H groups in total. The van der Waals surface area contributed by atoms with Crippen LogP contribution in [0.15, 0.2) is 18.2 Å². The maximum atomic E-state index is 11.6. The van der Waals surface area contributed by atoms with Crippen LogP contribution < -0.4 is 20.1 Å². The second-order valence-corrected chi connectivity index (χ2v) is 4.59. The molecule has 104 valence electrons. The molecule has 1 unspecified atom stereocenters. The van der Waals surface area contributed by atoms with Crippen molar-refractivity contribution >= 4 is 6.03 Å². The van der Waals surface area contributed by atoms with E-state index in [4.69, 9.17) is 9.47 Å². The number of fused-ring (bicyclic) bond motifs is 1. The molecule has 5 heteroatoms. The first-order chi connectivity index (χ1) is 9.22. The zero-order chi connectivity index (χ0) is 13.7. The summed E-state index contributed by atoms with van der Waals surface area (Å²) in [5.74, 6) is 1.67. The molecule has 0 aliphatic carbocycles. The van der Waals surface area contributed by atoms with E-state index in [0.717, 1.165) is 29.9 Å². The first kappa shape index (κ1) is 13.5. The van der Waals surface area contributed by atoms with Gasteiger partial charge in [-0.25, -0.2) is 4.79 Å². The largest absolute Gasteiger partial charge is 0.497 e. The van der Waals surface area contributed by atoms with E-state index >= 15 is 0 Å². The predicted octanol–water partition coefficient (Wildman–Crippen LogP) is 1.71. The van der Waals surface area contributed by atoms with Crippen LogP contribution in [0.5, 0.6) is 11.5 Å². The van der Waals surface area contributed by atoms with Crippen LogP contribution in [0.1, 0.15) is 18.9 Å². The lowest BCUT2D eigenvalue weighted by Crippen LogP contribution is -2.47. The number of methoxy groups -OCH3 is 1. The van der Waals surface area contributed by atoms with E-state index in [1.54, 1.807) is 7.11 Å². The second-order valence-electron chi connectivity index (χ2n) is 4.59. The molecule has 0 fully saturated rings. The van der Waals surface area contributed by atoms with Gasteiger partial charge >= 0.3 is 6.03 Å². The Morgan fingerprint density at radius 2 is 2.37 bits per heavy atom. The summed E-state index contributed by atoms with van der Waals surface area (Å²) < 4.78 is 10.8. The van der Waals surface area contributed by atoms with Crippen LogP contribution in [0.25, 0.3) is 0 Å². The van der Waals surface area contributed by atoms with Crippen LogP contribution in [0.2, 0.25) is 0 Å². The van der Waals surface area contributed by atoms with E-state index in [9.17, 15) is 4.79 Å².